The van der Waals surface area contributed by atoms with Gasteiger partial charge in [-0.3, -0.25) is 0 Å². The van der Waals surface area contributed by atoms with E-state index in [0.717, 1.165) is 5.69 Å². The van der Waals surface area contributed by atoms with Crippen molar-refractivity contribution in [3.8, 4) is 0 Å². The molecule has 1 aromatic heterocycles. The van der Waals surface area contributed by atoms with E-state index in [1.165, 1.54) is 9.75 Å². The topological polar surface area (TPSA) is 38.0 Å². The first-order valence-corrected chi connectivity index (χ1v) is 6.64. The molecule has 0 saturated carbocycles. The van der Waals surface area contributed by atoms with Crippen molar-refractivity contribution >= 4 is 34.3 Å². The quantitative estimate of drug-likeness (QED) is 0.805. The maximum atomic E-state index is 5.99. The van der Waals surface area contributed by atoms with Gasteiger partial charge in [-0.25, -0.2) is 0 Å². The second-order valence-corrected chi connectivity index (χ2v) is 5.74. The van der Waals surface area contributed by atoms with Crippen molar-refractivity contribution in [2.75, 3.05) is 11.1 Å². The minimum Gasteiger partial charge on any atom is -0.396 e. The summed E-state index contributed by atoms with van der Waals surface area (Å²) in [7, 11) is 0. The summed E-state index contributed by atoms with van der Waals surface area (Å²) in [6.45, 7) is 4.22. The molecule has 2 aromatic rings. The van der Waals surface area contributed by atoms with E-state index in [0.29, 0.717) is 10.7 Å². The van der Waals surface area contributed by atoms with E-state index in [2.05, 4.69) is 31.3 Å². The molecule has 0 spiro atoms. The molecule has 1 unspecified atom stereocenters. The van der Waals surface area contributed by atoms with Gasteiger partial charge in [-0.2, -0.15) is 0 Å². The van der Waals surface area contributed by atoms with Crippen LogP contribution in [0.2, 0.25) is 5.02 Å². The zero-order valence-electron chi connectivity index (χ0n) is 9.83. The Morgan fingerprint density at radius 2 is 2.06 bits per heavy atom. The van der Waals surface area contributed by atoms with Gasteiger partial charge >= 0.3 is 0 Å². The lowest BCUT2D eigenvalue weighted by Gasteiger charge is -2.16. The van der Waals surface area contributed by atoms with Crippen LogP contribution in [0.3, 0.4) is 0 Å². The fourth-order valence-corrected chi connectivity index (χ4v) is 2.71. The van der Waals surface area contributed by atoms with Gasteiger partial charge in [-0.1, -0.05) is 17.7 Å². The monoisotopic (exact) mass is 266 g/mol. The molecule has 0 amide bonds. The van der Waals surface area contributed by atoms with Gasteiger partial charge in [0.15, 0.2) is 0 Å². The second-order valence-electron chi connectivity index (χ2n) is 4.02. The highest BCUT2D eigenvalue weighted by atomic mass is 35.5. The van der Waals surface area contributed by atoms with Crippen LogP contribution < -0.4 is 11.1 Å². The van der Waals surface area contributed by atoms with Crippen LogP contribution in [0, 0.1) is 6.92 Å². The summed E-state index contributed by atoms with van der Waals surface area (Å²) in [5, 5.41) is 3.97. The normalized spacial score (nSPS) is 12.4. The third-order valence-corrected chi connectivity index (χ3v) is 4.13. The van der Waals surface area contributed by atoms with Crippen LogP contribution in [0.5, 0.6) is 0 Å². The number of halogens is 1. The number of thiophene rings is 1. The highest BCUT2D eigenvalue weighted by molar-refractivity contribution is 7.12. The molecule has 0 aliphatic rings. The Labute approximate surface area is 110 Å². The summed E-state index contributed by atoms with van der Waals surface area (Å²) in [6, 6.07) is 10.1. The summed E-state index contributed by atoms with van der Waals surface area (Å²) in [5.74, 6) is 0. The van der Waals surface area contributed by atoms with E-state index >= 15 is 0 Å². The van der Waals surface area contributed by atoms with Crippen LogP contribution in [-0.4, -0.2) is 0 Å². The minimum absolute atomic E-state index is 0.231. The van der Waals surface area contributed by atoms with Gasteiger partial charge in [0.25, 0.3) is 0 Å². The molecular weight excluding hydrogens is 252 g/mol. The van der Waals surface area contributed by atoms with Crippen molar-refractivity contribution in [1.82, 2.24) is 0 Å². The second kappa shape index (κ2) is 4.98. The SMILES string of the molecule is Cc1ccc(C(C)Nc2cccc(Cl)c2N)s1. The standard InChI is InChI=1S/C13H15ClN2S/c1-8-6-7-12(17-8)9(2)16-11-5-3-4-10(14)13(11)15/h3-7,9,16H,15H2,1-2H3. The van der Waals surface area contributed by atoms with Crippen molar-refractivity contribution in [2.24, 2.45) is 0 Å². The zero-order valence-corrected chi connectivity index (χ0v) is 11.4. The molecule has 90 valence electrons. The number of aryl methyl sites for hydroxylation is 1. The maximum absolute atomic E-state index is 5.99. The molecule has 1 aromatic carbocycles. The molecule has 0 fully saturated rings. The van der Waals surface area contributed by atoms with Crippen LogP contribution in [0.15, 0.2) is 30.3 Å². The third-order valence-electron chi connectivity index (χ3n) is 2.61. The van der Waals surface area contributed by atoms with Crippen LogP contribution in [0.1, 0.15) is 22.7 Å². The first kappa shape index (κ1) is 12.3. The number of benzene rings is 1. The highest BCUT2D eigenvalue weighted by Gasteiger charge is 2.10. The van der Waals surface area contributed by atoms with Gasteiger partial charge in [0, 0.05) is 9.75 Å². The van der Waals surface area contributed by atoms with Crippen molar-refractivity contribution < 1.29 is 0 Å². The van der Waals surface area contributed by atoms with Crippen LogP contribution in [-0.2, 0) is 0 Å². The molecule has 1 atom stereocenters. The van der Waals surface area contributed by atoms with E-state index in [4.69, 9.17) is 17.3 Å². The van der Waals surface area contributed by atoms with Gasteiger partial charge in [-0.15, -0.1) is 11.3 Å². The minimum atomic E-state index is 0.231. The fraction of sp³-hybridized carbons (Fsp3) is 0.231. The van der Waals surface area contributed by atoms with Crippen molar-refractivity contribution in [1.29, 1.82) is 0 Å². The summed E-state index contributed by atoms with van der Waals surface area (Å²) in [6.07, 6.45) is 0. The number of hydrogen-bond donors (Lipinski definition) is 2. The summed E-state index contributed by atoms with van der Waals surface area (Å²) in [5.41, 5.74) is 7.41. The van der Waals surface area contributed by atoms with Gasteiger partial charge in [0.1, 0.15) is 0 Å². The Bertz CT molecular complexity index is 522. The van der Waals surface area contributed by atoms with Gasteiger partial charge < -0.3 is 11.1 Å². The number of rotatable bonds is 3. The number of hydrogen-bond acceptors (Lipinski definition) is 3. The van der Waals surface area contributed by atoms with E-state index in [1.807, 2.05) is 12.1 Å². The largest absolute Gasteiger partial charge is 0.396 e. The Morgan fingerprint density at radius 1 is 1.29 bits per heavy atom. The third kappa shape index (κ3) is 2.73. The number of anilines is 2. The molecule has 0 aliphatic heterocycles. The highest BCUT2D eigenvalue weighted by Crippen LogP contribution is 2.31. The van der Waals surface area contributed by atoms with E-state index < -0.39 is 0 Å². The molecule has 2 nitrogen and oxygen atoms in total. The lowest BCUT2D eigenvalue weighted by atomic mass is 10.2. The lowest BCUT2D eigenvalue weighted by Crippen LogP contribution is -2.07. The smallest absolute Gasteiger partial charge is 0.0739 e. The molecular formula is C13H15ClN2S. The Balaban J connectivity index is 2.18. The van der Waals surface area contributed by atoms with Crippen LogP contribution in [0.25, 0.3) is 0 Å². The van der Waals surface area contributed by atoms with Gasteiger partial charge in [0.05, 0.1) is 22.4 Å². The molecule has 4 heteroatoms. The maximum Gasteiger partial charge on any atom is 0.0739 e. The Hall–Kier alpha value is -1.19. The number of nitrogens with one attached hydrogen (secondary N) is 1. The van der Waals surface area contributed by atoms with Crippen molar-refractivity contribution in [3.05, 3.63) is 45.1 Å². The average molecular weight is 267 g/mol. The first-order chi connectivity index (χ1) is 8.08. The molecule has 3 N–H and O–H groups in total. The van der Waals surface area contributed by atoms with E-state index in [9.17, 15) is 0 Å². The van der Waals surface area contributed by atoms with Crippen LogP contribution in [0.4, 0.5) is 11.4 Å². The Kier molecular flexibility index (Phi) is 3.60. The predicted octanol–water partition coefficient (Wildman–Crippen LogP) is 4.47. The summed E-state index contributed by atoms with van der Waals surface area (Å²) < 4.78 is 0. The molecule has 0 bridgehead atoms. The Morgan fingerprint density at radius 3 is 2.71 bits per heavy atom. The van der Waals surface area contributed by atoms with E-state index in [1.54, 1.807) is 17.4 Å². The number of para-hydroxylation sites is 1. The molecule has 2 rings (SSSR count). The molecule has 0 aliphatic carbocycles. The molecule has 1 heterocycles. The lowest BCUT2D eigenvalue weighted by molar-refractivity contribution is 0.909. The van der Waals surface area contributed by atoms with E-state index in [-0.39, 0.29) is 6.04 Å². The van der Waals surface area contributed by atoms with Gasteiger partial charge in [0.2, 0.25) is 0 Å². The summed E-state index contributed by atoms with van der Waals surface area (Å²) >= 11 is 7.77. The number of nitrogen functional groups attached to an aromatic ring is 1. The van der Waals surface area contributed by atoms with Gasteiger partial charge in [-0.05, 0) is 38.1 Å². The molecule has 17 heavy (non-hydrogen) atoms. The van der Waals surface area contributed by atoms with Crippen molar-refractivity contribution in [3.63, 3.8) is 0 Å². The fourth-order valence-electron chi connectivity index (χ4n) is 1.65. The first-order valence-electron chi connectivity index (χ1n) is 5.45. The summed E-state index contributed by atoms with van der Waals surface area (Å²) in [4.78, 5) is 2.61. The zero-order chi connectivity index (χ0) is 12.4. The molecule has 0 radical (unpaired) electrons. The molecule has 0 saturated heterocycles. The average Bonchev–Trinajstić information content (AvgIpc) is 2.72. The van der Waals surface area contributed by atoms with Crippen LogP contribution >= 0.6 is 22.9 Å². The predicted molar refractivity (Wildman–Crippen MR) is 77.0 cm³/mol. The number of nitrogens with two attached hydrogens (primary N) is 1. The van der Waals surface area contributed by atoms with Crippen molar-refractivity contribution in [2.45, 2.75) is 19.9 Å².